The summed E-state index contributed by atoms with van der Waals surface area (Å²) >= 11 is 0. The van der Waals surface area contributed by atoms with E-state index in [1.54, 1.807) is 0 Å². The minimum absolute atomic E-state index is 0.106. The zero-order valence-corrected chi connectivity index (χ0v) is 12.0. The highest BCUT2D eigenvalue weighted by Crippen LogP contribution is 2.27. The van der Waals surface area contributed by atoms with E-state index in [0.29, 0.717) is 5.92 Å². The predicted octanol–water partition coefficient (Wildman–Crippen LogP) is 3.43. The number of nitro groups is 1. The first kappa shape index (κ1) is 15.4. The molecule has 0 radical (unpaired) electrons. The first-order valence-electron chi connectivity index (χ1n) is 7.26. The van der Waals surface area contributed by atoms with Gasteiger partial charge in [0.2, 0.25) is 5.82 Å². The maximum atomic E-state index is 13.5. The molecule has 0 heterocycles. The molecule has 0 spiro atoms. The molecule has 1 aromatic rings. The van der Waals surface area contributed by atoms with E-state index in [1.807, 2.05) is 0 Å². The average molecular weight is 294 g/mol. The highest BCUT2D eigenvalue weighted by atomic mass is 19.1. The SMILES string of the molecule is CCC1CCCC(NC(=O)c2ccc([N+](=O)[O-])c(F)c2)C1. The number of amides is 1. The van der Waals surface area contributed by atoms with Crippen molar-refractivity contribution >= 4 is 11.6 Å². The fourth-order valence-electron chi connectivity index (χ4n) is 2.86. The van der Waals surface area contributed by atoms with Gasteiger partial charge < -0.3 is 5.32 Å². The number of nitrogens with one attached hydrogen (secondary N) is 1. The van der Waals surface area contributed by atoms with Crippen molar-refractivity contribution in [2.75, 3.05) is 0 Å². The van der Waals surface area contributed by atoms with Gasteiger partial charge in [0, 0.05) is 17.7 Å². The van der Waals surface area contributed by atoms with Crippen LogP contribution in [0.1, 0.15) is 49.4 Å². The van der Waals surface area contributed by atoms with Gasteiger partial charge in [-0.1, -0.05) is 26.2 Å². The Balaban J connectivity index is 2.03. The minimum Gasteiger partial charge on any atom is -0.349 e. The van der Waals surface area contributed by atoms with Gasteiger partial charge in [0.1, 0.15) is 0 Å². The molecular formula is C15H19FN2O3. The van der Waals surface area contributed by atoms with Crippen LogP contribution in [0.25, 0.3) is 0 Å². The summed E-state index contributed by atoms with van der Waals surface area (Å²) < 4.78 is 13.5. The van der Waals surface area contributed by atoms with Crippen LogP contribution in [-0.4, -0.2) is 16.9 Å². The van der Waals surface area contributed by atoms with Gasteiger partial charge >= 0.3 is 5.69 Å². The van der Waals surface area contributed by atoms with Crippen LogP contribution in [0.5, 0.6) is 0 Å². The van der Waals surface area contributed by atoms with Gasteiger partial charge in [-0.05, 0) is 30.9 Å². The standard InChI is InChI=1S/C15H19FN2O3/c1-2-10-4-3-5-12(8-10)17-15(19)11-6-7-14(18(20)21)13(16)9-11/h6-7,9-10,12H,2-5,8H2,1H3,(H,17,19). The normalized spacial score (nSPS) is 21.8. The van der Waals surface area contributed by atoms with Crippen molar-refractivity contribution in [1.29, 1.82) is 0 Å². The largest absolute Gasteiger partial charge is 0.349 e. The molecule has 2 rings (SSSR count). The summed E-state index contributed by atoms with van der Waals surface area (Å²) in [5, 5.41) is 13.5. The first-order chi connectivity index (χ1) is 10.0. The Morgan fingerprint density at radius 1 is 1.48 bits per heavy atom. The third-order valence-electron chi connectivity index (χ3n) is 4.10. The number of benzene rings is 1. The van der Waals surface area contributed by atoms with Crippen molar-refractivity contribution in [1.82, 2.24) is 5.32 Å². The van der Waals surface area contributed by atoms with E-state index in [9.17, 15) is 19.3 Å². The second-order valence-electron chi connectivity index (χ2n) is 5.53. The minimum atomic E-state index is -0.984. The van der Waals surface area contributed by atoms with E-state index < -0.39 is 16.4 Å². The lowest BCUT2D eigenvalue weighted by atomic mass is 9.84. The highest BCUT2D eigenvalue weighted by Gasteiger charge is 2.23. The van der Waals surface area contributed by atoms with E-state index in [-0.39, 0.29) is 17.5 Å². The van der Waals surface area contributed by atoms with Crippen LogP contribution in [0.2, 0.25) is 0 Å². The van der Waals surface area contributed by atoms with Crippen molar-refractivity contribution in [2.24, 2.45) is 5.92 Å². The molecule has 1 aliphatic rings. The molecule has 0 saturated heterocycles. The lowest BCUT2D eigenvalue weighted by molar-refractivity contribution is -0.387. The number of carbonyl (C=O) groups excluding carboxylic acids is 1. The summed E-state index contributed by atoms with van der Waals surface area (Å²) in [6.07, 6.45) is 5.24. The molecule has 1 N–H and O–H groups in total. The van der Waals surface area contributed by atoms with Gasteiger partial charge in [-0.25, -0.2) is 0 Å². The van der Waals surface area contributed by atoms with Crippen LogP contribution in [0, 0.1) is 21.8 Å². The molecule has 114 valence electrons. The van der Waals surface area contributed by atoms with Crippen LogP contribution in [0.4, 0.5) is 10.1 Å². The van der Waals surface area contributed by atoms with Gasteiger partial charge in [-0.3, -0.25) is 14.9 Å². The maximum absolute atomic E-state index is 13.5. The van der Waals surface area contributed by atoms with Gasteiger partial charge in [-0.15, -0.1) is 0 Å². The van der Waals surface area contributed by atoms with Gasteiger partial charge in [0.25, 0.3) is 5.91 Å². The van der Waals surface area contributed by atoms with Crippen molar-refractivity contribution in [3.63, 3.8) is 0 Å². The molecule has 0 aliphatic heterocycles. The number of halogens is 1. The first-order valence-corrected chi connectivity index (χ1v) is 7.26. The van der Waals surface area contributed by atoms with Crippen LogP contribution in [-0.2, 0) is 0 Å². The van der Waals surface area contributed by atoms with Crippen LogP contribution in [0.15, 0.2) is 18.2 Å². The summed E-state index contributed by atoms with van der Waals surface area (Å²) in [6, 6.07) is 3.35. The lowest BCUT2D eigenvalue weighted by Crippen LogP contribution is -2.38. The van der Waals surface area contributed by atoms with Gasteiger partial charge in [0.05, 0.1) is 4.92 Å². The Morgan fingerprint density at radius 2 is 2.24 bits per heavy atom. The Morgan fingerprint density at radius 3 is 2.86 bits per heavy atom. The summed E-state index contributed by atoms with van der Waals surface area (Å²) in [6.45, 7) is 2.14. The molecule has 1 amide bonds. The molecule has 1 fully saturated rings. The second-order valence-corrected chi connectivity index (χ2v) is 5.53. The number of nitrogens with zero attached hydrogens (tertiary/aromatic N) is 1. The van der Waals surface area contributed by atoms with E-state index in [2.05, 4.69) is 12.2 Å². The zero-order chi connectivity index (χ0) is 15.4. The molecule has 1 aliphatic carbocycles. The fourth-order valence-corrected chi connectivity index (χ4v) is 2.86. The molecule has 2 atom stereocenters. The third kappa shape index (κ3) is 3.77. The van der Waals surface area contributed by atoms with Crippen LogP contribution in [0.3, 0.4) is 0 Å². The average Bonchev–Trinajstić information content (AvgIpc) is 2.46. The van der Waals surface area contributed by atoms with Crippen LogP contribution < -0.4 is 5.32 Å². The fraction of sp³-hybridized carbons (Fsp3) is 0.533. The highest BCUT2D eigenvalue weighted by molar-refractivity contribution is 5.94. The molecule has 21 heavy (non-hydrogen) atoms. The van der Waals surface area contributed by atoms with Crippen molar-refractivity contribution in [3.05, 3.63) is 39.7 Å². The molecule has 2 unspecified atom stereocenters. The second kappa shape index (κ2) is 6.65. The Kier molecular flexibility index (Phi) is 4.88. The molecule has 0 aromatic heterocycles. The zero-order valence-electron chi connectivity index (χ0n) is 12.0. The molecule has 5 nitrogen and oxygen atoms in total. The number of rotatable bonds is 4. The van der Waals surface area contributed by atoms with E-state index in [4.69, 9.17) is 0 Å². The molecule has 1 saturated carbocycles. The summed E-state index contributed by atoms with van der Waals surface area (Å²) in [7, 11) is 0. The number of hydrogen-bond donors (Lipinski definition) is 1. The molecular weight excluding hydrogens is 275 g/mol. The third-order valence-corrected chi connectivity index (χ3v) is 4.10. The molecule has 1 aromatic carbocycles. The summed E-state index contributed by atoms with van der Waals surface area (Å²) in [5.41, 5.74) is -0.494. The Hall–Kier alpha value is -1.98. The van der Waals surface area contributed by atoms with E-state index >= 15 is 0 Å². The summed E-state index contributed by atoms with van der Waals surface area (Å²) in [4.78, 5) is 21.8. The maximum Gasteiger partial charge on any atom is 0.304 e. The number of carbonyl (C=O) groups is 1. The van der Waals surface area contributed by atoms with E-state index in [1.165, 1.54) is 12.5 Å². The number of hydrogen-bond acceptors (Lipinski definition) is 3. The summed E-state index contributed by atoms with van der Waals surface area (Å²) in [5.74, 6) is -0.731. The van der Waals surface area contributed by atoms with Crippen molar-refractivity contribution in [2.45, 2.75) is 45.1 Å². The monoisotopic (exact) mass is 294 g/mol. The van der Waals surface area contributed by atoms with Gasteiger partial charge in [0.15, 0.2) is 0 Å². The molecule has 6 heteroatoms. The van der Waals surface area contributed by atoms with Crippen molar-refractivity contribution < 1.29 is 14.1 Å². The van der Waals surface area contributed by atoms with Crippen LogP contribution >= 0.6 is 0 Å². The van der Waals surface area contributed by atoms with Gasteiger partial charge in [-0.2, -0.15) is 4.39 Å². The number of nitro benzene ring substituents is 1. The Bertz CT molecular complexity index is 548. The Labute approximate surface area is 122 Å². The predicted molar refractivity (Wildman–Crippen MR) is 76.6 cm³/mol. The van der Waals surface area contributed by atoms with E-state index in [0.717, 1.165) is 37.8 Å². The lowest BCUT2D eigenvalue weighted by Gasteiger charge is -2.29. The smallest absolute Gasteiger partial charge is 0.304 e. The molecule has 0 bridgehead atoms. The quantitative estimate of drug-likeness (QED) is 0.683. The van der Waals surface area contributed by atoms with Crippen molar-refractivity contribution in [3.8, 4) is 0 Å². The topological polar surface area (TPSA) is 72.2 Å².